The van der Waals surface area contributed by atoms with Crippen molar-refractivity contribution in [2.45, 2.75) is 58.4 Å². The average molecular weight is 238 g/mol. The summed E-state index contributed by atoms with van der Waals surface area (Å²) in [5.74, 6) is 1.87. The fraction of sp³-hybridized carbons (Fsp3) is 1.00. The maximum Gasteiger partial charge on any atom is 0.0221 e. The Bertz CT molecular complexity index is 211. The van der Waals surface area contributed by atoms with Crippen molar-refractivity contribution < 1.29 is 0 Å². The van der Waals surface area contributed by atoms with Gasteiger partial charge in [0.25, 0.3) is 0 Å². The van der Waals surface area contributed by atoms with E-state index in [0.29, 0.717) is 0 Å². The Kier molecular flexibility index (Phi) is 5.30. The van der Waals surface area contributed by atoms with Crippen LogP contribution in [0.2, 0.25) is 0 Å². The molecule has 1 saturated heterocycles. The topological polar surface area (TPSA) is 15.3 Å². The monoisotopic (exact) mass is 238 g/mol. The number of piperazine rings is 1. The van der Waals surface area contributed by atoms with Gasteiger partial charge in [-0.05, 0) is 24.8 Å². The van der Waals surface area contributed by atoms with Crippen molar-refractivity contribution in [3.63, 3.8) is 0 Å². The lowest BCUT2D eigenvalue weighted by Gasteiger charge is -2.37. The van der Waals surface area contributed by atoms with Gasteiger partial charge in [0, 0.05) is 25.7 Å². The summed E-state index contributed by atoms with van der Waals surface area (Å²) in [7, 11) is 0. The molecule has 2 nitrogen and oxygen atoms in total. The van der Waals surface area contributed by atoms with Crippen LogP contribution in [0.25, 0.3) is 0 Å². The summed E-state index contributed by atoms with van der Waals surface area (Å²) in [5.41, 5.74) is 0. The van der Waals surface area contributed by atoms with Crippen LogP contribution in [0.5, 0.6) is 0 Å². The maximum absolute atomic E-state index is 3.69. The first-order chi connectivity index (χ1) is 8.29. The second-order valence-electron chi connectivity index (χ2n) is 6.19. The number of rotatable bonds is 5. The van der Waals surface area contributed by atoms with E-state index < -0.39 is 0 Å². The lowest BCUT2D eigenvalue weighted by molar-refractivity contribution is 0.160. The molecule has 0 aromatic rings. The Balaban J connectivity index is 1.69. The molecule has 1 aliphatic heterocycles. The zero-order valence-electron chi connectivity index (χ0n) is 11.8. The molecule has 17 heavy (non-hydrogen) atoms. The molecule has 1 heterocycles. The van der Waals surface area contributed by atoms with E-state index >= 15 is 0 Å². The molecule has 100 valence electrons. The molecular formula is C15H30N2. The summed E-state index contributed by atoms with van der Waals surface area (Å²) >= 11 is 0. The Hall–Kier alpha value is -0.0800. The first-order valence-electron chi connectivity index (χ1n) is 7.75. The quantitative estimate of drug-likeness (QED) is 0.792. The summed E-state index contributed by atoms with van der Waals surface area (Å²) in [5, 5.41) is 3.69. The van der Waals surface area contributed by atoms with Crippen LogP contribution in [0.3, 0.4) is 0 Å². The van der Waals surface area contributed by atoms with Crippen LogP contribution in [0.1, 0.15) is 52.4 Å². The maximum atomic E-state index is 3.69. The Morgan fingerprint density at radius 1 is 1.29 bits per heavy atom. The van der Waals surface area contributed by atoms with Crippen molar-refractivity contribution in [2.75, 3.05) is 26.2 Å². The largest absolute Gasteiger partial charge is 0.311 e. The van der Waals surface area contributed by atoms with Crippen molar-refractivity contribution in [2.24, 2.45) is 11.8 Å². The number of hydrogen-bond donors (Lipinski definition) is 1. The molecule has 2 heteroatoms. The lowest BCUT2D eigenvalue weighted by Crippen LogP contribution is -2.53. The fourth-order valence-corrected chi connectivity index (χ4v) is 3.37. The first kappa shape index (κ1) is 13.4. The summed E-state index contributed by atoms with van der Waals surface area (Å²) in [6.45, 7) is 9.78. The van der Waals surface area contributed by atoms with Gasteiger partial charge in [0.1, 0.15) is 0 Å². The van der Waals surface area contributed by atoms with Gasteiger partial charge >= 0.3 is 0 Å². The van der Waals surface area contributed by atoms with Crippen molar-refractivity contribution in [3.05, 3.63) is 0 Å². The van der Waals surface area contributed by atoms with E-state index in [2.05, 4.69) is 24.1 Å². The standard InChI is InChI=1S/C15H30N2/c1-3-13(2)15-12-17(11-9-16-15)10-8-14-6-4-5-7-14/h13-16H,3-12H2,1-2H3. The third-order valence-corrected chi connectivity index (χ3v) is 4.95. The molecule has 0 aromatic heterocycles. The molecule has 2 atom stereocenters. The van der Waals surface area contributed by atoms with E-state index in [1.807, 2.05) is 0 Å². The minimum Gasteiger partial charge on any atom is -0.311 e. The van der Waals surface area contributed by atoms with Gasteiger partial charge in [-0.3, -0.25) is 0 Å². The zero-order valence-corrected chi connectivity index (χ0v) is 11.8. The highest BCUT2D eigenvalue weighted by molar-refractivity contribution is 4.82. The molecule has 2 rings (SSSR count). The van der Waals surface area contributed by atoms with Crippen LogP contribution in [-0.4, -0.2) is 37.1 Å². The van der Waals surface area contributed by atoms with Gasteiger partial charge in [-0.1, -0.05) is 46.0 Å². The predicted molar refractivity (Wildman–Crippen MR) is 74.3 cm³/mol. The second-order valence-corrected chi connectivity index (χ2v) is 6.19. The van der Waals surface area contributed by atoms with Crippen LogP contribution in [0.4, 0.5) is 0 Å². The summed E-state index contributed by atoms with van der Waals surface area (Å²) < 4.78 is 0. The van der Waals surface area contributed by atoms with E-state index in [4.69, 9.17) is 0 Å². The molecule has 0 spiro atoms. The number of hydrogen-bond acceptors (Lipinski definition) is 2. The lowest BCUT2D eigenvalue weighted by atomic mass is 9.96. The molecule has 2 unspecified atom stereocenters. The zero-order chi connectivity index (χ0) is 12.1. The highest BCUT2D eigenvalue weighted by Crippen LogP contribution is 2.27. The molecule has 2 aliphatic rings. The van der Waals surface area contributed by atoms with E-state index in [0.717, 1.165) is 17.9 Å². The van der Waals surface area contributed by atoms with Crippen molar-refractivity contribution in [1.29, 1.82) is 0 Å². The Labute approximate surface area is 107 Å². The number of nitrogens with one attached hydrogen (secondary N) is 1. The van der Waals surface area contributed by atoms with Gasteiger partial charge in [0.15, 0.2) is 0 Å². The van der Waals surface area contributed by atoms with Crippen LogP contribution < -0.4 is 5.32 Å². The molecular weight excluding hydrogens is 208 g/mol. The van der Waals surface area contributed by atoms with Gasteiger partial charge in [-0.2, -0.15) is 0 Å². The molecule has 0 radical (unpaired) electrons. The summed E-state index contributed by atoms with van der Waals surface area (Å²) in [6.07, 6.45) is 8.73. The summed E-state index contributed by atoms with van der Waals surface area (Å²) in [4.78, 5) is 2.70. The van der Waals surface area contributed by atoms with Crippen LogP contribution in [-0.2, 0) is 0 Å². The van der Waals surface area contributed by atoms with Crippen molar-refractivity contribution in [3.8, 4) is 0 Å². The molecule has 0 aromatic carbocycles. The van der Waals surface area contributed by atoms with Gasteiger partial charge in [-0.15, -0.1) is 0 Å². The molecule has 1 N–H and O–H groups in total. The SMILES string of the molecule is CCC(C)C1CN(CCC2CCCC2)CCN1. The van der Waals surface area contributed by atoms with Crippen LogP contribution >= 0.6 is 0 Å². The first-order valence-corrected chi connectivity index (χ1v) is 7.75. The van der Waals surface area contributed by atoms with Crippen LogP contribution in [0, 0.1) is 11.8 Å². The molecule has 0 amide bonds. The van der Waals surface area contributed by atoms with Crippen molar-refractivity contribution >= 4 is 0 Å². The van der Waals surface area contributed by atoms with Gasteiger partial charge in [0.05, 0.1) is 0 Å². The number of nitrogens with zero attached hydrogens (tertiary/aromatic N) is 1. The Morgan fingerprint density at radius 3 is 2.76 bits per heavy atom. The average Bonchev–Trinajstić information content (AvgIpc) is 2.89. The normalized spacial score (nSPS) is 29.6. The highest BCUT2D eigenvalue weighted by Gasteiger charge is 2.24. The van der Waals surface area contributed by atoms with Crippen molar-refractivity contribution in [1.82, 2.24) is 10.2 Å². The summed E-state index contributed by atoms with van der Waals surface area (Å²) in [6, 6.07) is 0.734. The minimum absolute atomic E-state index is 0.734. The third-order valence-electron chi connectivity index (χ3n) is 4.95. The van der Waals surface area contributed by atoms with Gasteiger partial charge in [0.2, 0.25) is 0 Å². The second kappa shape index (κ2) is 6.75. The molecule has 0 bridgehead atoms. The Morgan fingerprint density at radius 2 is 2.06 bits per heavy atom. The van der Waals surface area contributed by atoms with E-state index in [-0.39, 0.29) is 0 Å². The van der Waals surface area contributed by atoms with E-state index in [1.54, 1.807) is 0 Å². The van der Waals surface area contributed by atoms with Crippen LogP contribution in [0.15, 0.2) is 0 Å². The smallest absolute Gasteiger partial charge is 0.0221 e. The van der Waals surface area contributed by atoms with Gasteiger partial charge in [-0.25, -0.2) is 0 Å². The predicted octanol–water partition coefficient (Wildman–Crippen LogP) is 2.89. The van der Waals surface area contributed by atoms with E-state index in [1.165, 1.54) is 64.7 Å². The minimum atomic E-state index is 0.734. The fourth-order valence-electron chi connectivity index (χ4n) is 3.37. The molecule has 2 fully saturated rings. The molecule has 1 saturated carbocycles. The van der Waals surface area contributed by atoms with E-state index in [9.17, 15) is 0 Å². The molecule has 1 aliphatic carbocycles. The van der Waals surface area contributed by atoms with Gasteiger partial charge < -0.3 is 10.2 Å². The third kappa shape index (κ3) is 3.96. The highest BCUT2D eigenvalue weighted by atomic mass is 15.2.